The lowest BCUT2D eigenvalue weighted by atomic mass is 9.84. The zero-order valence-electron chi connectivity index (χ0n) is 9.03. The summed E-state index contributed by atoms with van der Waals surface area (Å²) in [5.74, 6) is 0.557. The van der Waals surface area contributed by atoms with E-state index in [1.165, 1.54) is 11.3 Å². The van der Waals surface area contributed by atoms with Crippen LogP contribution < -0.4 is 5.32 Å². The minimum absolute atomic E-state index is 0.255. The molecule has 0 spiro atoms. The number of hydrogen-bond donors (Lipinski definition) is 1. The van der Waals surface area contributed by atoms with Crippen molar-refractivity contribution in [2.75, 3.05) is 0 Å². The first kappa shape index (κ1) is 10.7. The third kappa shape index (κ3) is 2.81. The maximum atomic E-state index is 11.7. The normalized spacial score (nSPS) is 18.2. The van der Waals surface area contributed by atoms with Gasteiger partial charge in [-0.25, -0.2) is 0 Å². The van der Waals surface area contributed by atoms with Crippen LogP contribution in [0.5, 0.6) is 0 Å². The third-order valence-corrected chi connectivity index (χ3v) is 3.85. The van der Waals surface area contributed by atoms with Crippen molar-refractivity contribution in [3.63, 3.8) is 0 Å². The second kappa shape index (κ2) is 4.79. The molecular weight excluding hydrogens is 206 g/mol. The van der Waals surface area contributed by atoms with Crippen LogP contribution in [-0.4, -0.2) is 11.9 Å². The molecule has 15 heavy (non-hydrogen) atoms. The fourth-order valence-corrected chi connectivity index (χ4v) is 2.65. The fourth-order valence-electron chi connectivity index (χ4n) is 1.81. The van der Waals surface area contributed by atoms with E-state index in [0.717, 1.165) is 19.3 Å². The highest BCUT2D eigenvalue weighted by Crippen LogP contribution is 2.26. The molecule has 2 rings (SSSR count). The molecule has 1 fully saturated rings. The van der Waals surface area contributed by atoms with Gasteiger partial charge in [-0.15, -0.1) is 11.3 Å². The molecule has 2 nitrogen and oxygen atoms in total. The quantitative estimate of drug-likeness (QED) is 0.835. The Morgan fingerprint density at radius 1 is 1.67 bits per heavy atom. The van der Waals surface area contributed by atoms with Crippen LogP contribution >= 0.6 is 11.3 Å². The Morgan fingerprint density at radius 3 is 3.00 bits per heavy atom. The largest absolute Gasteiger partial charge is 0.353 e. The molecule has 1 heterocycles. The van der Waals surface area contributed by atoms with E-state index in [2.05, 4.69) is 29.8 Å². The van der Waals surface area contributed by atoms with Crippen molar-refractivity contribution in [1.29, 1.82) is 0 Å². The summed E-state index contributed by atoms with van der Waals surface area (Å²) in [5.41, 5.74) is 0. The molecule has 0 saturated heterocycles. The number of amides is 1. The Balaban J connectivity index is 1.76. The van der Waals surface area contributed by atoms with Crippen molar-refractivity contribution in [2.24, 2.45) is 5.92 Å². The predicted molar refractivity (Wildman–Crippen MR) is 63.0 cm³/mol. The van der Waals surface area contributed by atoms with Gasteiger partial charge in [-0.05, 0) is 31.2 Å². The van der Waals surface area contributed by atoms with Crippen LogP contribution in [0.1, 0.15) is 31.1 Å². The van der Waals surface area contributed by atoms with Crippen LogP contribution in [0.4, 0.5) is 0 Å². The SMILES string of the molecule is CC(Cc1cccs1)NC(=O)C1CCC1. The van der Waals surface area contributed by atoms with Gasteiger partial charge in [0.2, 0.25) is 5.91 Å². The van der Waals surface area contributed by atoms with E-state index in [0.29, 0.717) is 5.92 Å². The second-order valence-corrected chi connectivity index (χ2v) is 5.35. The summed E-state index contributed by atoms with van der Waals surface area (Å²) in [6.45, 7) is 2.08. The Hall–Kier alpha value is -0.830. The Kier molecular flexibility index (Phi) is 3.41. The Morgan fingerprint density at radius 2 is 2.47 bits per heavy atom. The lowest BCUT2D eigenvalue weighted by Gasteiger charge is -2.26. The smallest absolute Gasteiger partial charge is 0.223 e. The minimum Gasteiger partial charge on any atom is -0.353 e. The van der Waals surface area contributed by atoms with Crippen molar-refractivity contribution >= 4 is 17.2 Å². The molecule has 1 aliphatic carbocycles. The Bertz CT molecular complexity index is 316. The molecule has 0 aliphatic heterocycles. The molecule has 1 aromatic rings. The molecule has 1 saturated carbocycles. The van der Waals surface area contributed by atoms with Gasteiger partial charge in [0, 0.05) is 23.3 Å². The van der Waals surface area contributed by atoms with Crippen LogP contribution in [0.25, 0.3) is 0 Å². The predicted octanol–water partition coefficient (Wildman–Crippen LogP) is 2.60. The molecule has 0 aromatic carbocycles. The van der Waals surface area contributed by atoms with E-state index in [1.807, 2.05) is 0 Å². The molecule has 82 valence electrons. The number of hydrogen-bond acceptors (Lipinski definition) is 2. The van der Waals surface area contributed by atoms with Crippen LogP contribution in [0.2, 0.25) is 0 Å². The van der Waals surface area contributed by atoms with Gasteiger partial charge in [-0.1, -0.05) is 12.5 Å². The topological polar surface area (TPSA) is 29.1 Å². The fraction of sp³-hybridized carbons (Fsp3) is 0.583. The van der Waals surface area contributed by atoms with Gasteiger partial charge in [0.25, 0.3) is 0 Å². The summed E-state index contributed by atoms with van der Waals surface area (Å²) >= 11 is 1.76. The molecule has 1 aliphatic rings. The molecule has 1 aromatic heterocycles. The second-order valence-electron chi connectivity index (χ2n) is 4.32. The molecule has 1 unspecified atom stereocenters. The highest BCUT2D eigenvalue weighted by Gasteiger charge is 2.25. The molecule has 1 N–H and O–H groups in total. The number of rotatable bonds is 4. The van der Waals surface area contributed by atoms with Crippen LogP contribution in [0.15, 0.2) is 17.5 Å². The van der Waals surface area contributed by atoms with Crippen molar-refractivity contribution in [3.05, 3.63) is 22.4 Å². The first-order chi connectivity index (χ1) is 7.25. The molecule has 0 bridgehead atoms. The maximum absolute atomic E-state index is 11.7. The van der Waals surface area contributed by atoms with Gasteiger partial charge in [0.15, 0.2) is 0 Å². The first-order valence-corrected chi connectivity index (χ1v) is 6.46. The van der Waals surface area contributed by atoms with Crippen molar-refractivity contribution in [2.45, 2.75) is 38.6 Å². The molecule has 1 atom stereocenters. The highest BCUT2D eigenvalue weighted by molar-refractivity contribution is 7.09. The average molecular weight is 223 g/mol. The van der Waals surface area contributed by atoms with Gasteiger partial charge in [-0.3, -0.25) is 4.79 Å². The maximum Gasteiger partial charge on any atom is 0.223 e. The van der Waals surface area contributed by atoms with E-state index in [1.54, 1.807) is 11.3 Å². The van der Waals surface area contributed by atoms with Gasteiger partial charge < -0.3 is 5.32 Å². The summed E-state index contributed by atoms with van der Waals surface area (Å²) in [6, 6.07) is 4.44. The van der Waals surface area contributed by atoms with Crippen LogP contribution in [0.3, 0.4) is 0 Å². The van der Waals surface area contributed by atoms with E-state index >= 15 is 0 Å². The molecule has 3 heteroatoms. The zero-order chi connectivity index (χ0) is 10.7. The van der Waals surface area contributed by atoms with Crippen molar-refractivity contribution in [1.82, 2.24) is 5.32 Å². The zero-order valence-corrected chi connectivity index (χ0v) is 9.85. The molecular formula is C12H17NOS. The summed E-state index contributed by atoms with van der Waals surface area (Å²) in [7, 11) is 0. The summed E-state index contributed by atoms with van der Waals surface area (Å²) in [6.07, 6.45) is 4.34. The van der Waals surface area contributed by atoms with E-state index in [4.69, 9.17) is 0 Å². The third-order valence-electron chi connectivity index (χ3n) is 2.95. The van der Waals surface area contributed by atoms with Crippen molar-refractivity contribution < 1.29 is 4.79 Å². The van der Waals surface area contributed by atoms with Crippen LogP contribution in [-0.2, 0) is 11.2 Å². The Labute approximate surface area is 94.7 Å². The van der Waals surface area contributed by atoms with Gasteiger partial charge in [-0.2, -0.15) is 0 Å². The van der Waals surface area contributed by atoms with Crippen LogP contribution in [0, 0.1) is 5.92 Å². The van der Waals surface area contributed by atoms with E-state index in [9.17, 15) is 4.79 Å². The summed E-state index contributed by atoms with van der Waals surface area (Å²) in [5, 5.41) is 5.17. The summed E-state index contributed by atoms with van der Waals surface area (Å²) in [4.78, 5) is 13.0. The van der Waals surface area contributed by atoms with E-state index < -0.39 is 0 Å². The summed E-state index contributed by atoms with van der Waals surface area (Å²) < 4.78 is 0. The molecule has 1 amide bonds. The number of thiophene rings is 1. The van der Waals surface area contributed by atoms with Crippen molar-refractivity contribution in [3.8, 4) is 0 Å². The monoisotopic (exact) mass is 223 g/mol. The number of carbonyl (C=O) groups is 1. The first-order valence-electron chi connectivity index (χ1n) is 5.58. The lowest BCUT2D eigenvalue weighted by Crippen LogP contribution is -2.40. The number of nitrogens with one attached hydrogen (secondary N) is 1. The van der Waals surface area contributed by atoms with E-state index in [-0.39, 0.29) is 11.9 Å². The van der Waals surface area contributed by atoms with Gasteiger partial charge in [0.05, 0.1) is 0 Å². The molecule has 0 radical (unpaired) electrons. The standard InChI is InChI=1S/C12H17NOS/c1-9(8-11-6-3-7-15-11)13-12(14)10-4-2-5-10/h3,6-7,9-10H,2,4-5,8H2,1H3,(H,13,14). The highest BCUT2D eigenvalue weighted by atomic mass is 32.1. The minimum atomic E-state index is 0.255. The van der Waals surface area contributed by atoms with Gasteiger partial charge in [0.1, 0.15) is 0 Å². The number of carbonyl (C=O) groups excluding carboxylic acids is 1. The average Bonchev–Trinajstić information content (AvgIpc) is 2.52. The lowest BCUT2D eigenvalue weighted by molar-refractivity contribution is -0.127. The van der Waals surface area contributed by atoms with Gasteiger partial charge >= 0.3 is 0 Å².